The van der Waals surface area contributed by atoms with Crippen LogP contribution in [0.5, 0.6) is 0 Å². The zero-order valence-electron chi connectivity index (χ0n) is 5.11. The van der Waals surface area contributed by atoms with Gasteiger partial charge in [-0.25, -0.2) is 0 Å². The van der Waals surface area contributed by atoms with Crippen LogP contribution in [0.25, 0.3) is 0 Å². The Bertz CT molecular complexity index is 244. The number of nitrogens with zero attached hydrogens (tertiary/aromatic N) is 2. The quantitative estimate of drug-likeness (QED) is 0.357. The van der Waals surface area contributed by atoms with Crippen LogP contribution in [0.15, 0.2) is 29.6 Å². The lowest BCUT2D eigenvalue weighted by molar-refractivity contribution is 1.25. The third-order valence-corrected chi connectivity index (χ3v) is 0.999. The lowest BCUT2D eigenvalue weighted by atomic mass is 10.3. The fourth-order valence-corrected chi connectivity index (χ4v) is 0.550. The van der Waals surface area contributed by atoms with Crippen LogP contribution < -0.4 is 0 Å². The first-order valence-corrected chi connectivity index (χ1v) is 2.68. The Morgan fingerprint density at radius 1 is 1.60 bits per heavy atom. The topological polar surface area (TPSA) is 66.2 Å². The zero-order chi connectivity index (χ0) is 7.40. The Balaban J connectivity index is 2.95. The van der Waals surface area contributed by atoms with Gasteiger partial charge in [-0.1, -0.05) is 6.07 Å². The van der Waals surface area contributed by atoms with Gasteiger partial charge in [-0.2, -0.15) is 0 Å². The minimum Gasteiger partial charge on any atom is -0.278 e. The number of nitrogens with one attached hydrogen (secondary N) is 1. The Labute approximate surface area is 57.4 Å². The van der Waals surface area contributed by atoms with Crippen LogP contribution in [0, 0.1) is 10.3 Å². The van der Waals surface area contributed by atoms with Gasteiger partial charge in [0.1, 0.15) is 5.69 Å². The van der Waals surface area contributed by atoms with Gasteiger partial charge in [0.25, 0.3) is 0 Å². The number of nitroso groups, excluding NO2 is 1. The molecule has 0 aliphatic heterocycles. The van der Waals surface area contributed by atoms with Crippen molar-refractivity contribution in [2.75, 3.05) is 0 Å². The molecule has 0 aliphatic carbocycles. The van der Waals surface area contributed by atoms with Gasteiger partial charge in [-0.05, 0) is 17.3 Å². The van der Waals surface area contributed by atoms with Crippen molar-refractivity contribution in [3.8, 4) is 0 Å². The Morgan fingerprint density at radius 2 is 2.40 bits per heavy atom. The smallest absolute Gasteiger partial charge is 0.215 e. The molecule has 1 N–H and O–H groups in total. The molecule has 0 radical (unpaired) electrons. The minimum atomic E-state index is -0.333. The summed E-state index contributed by atoms with van der Waals surface area (Å²) in [6.07, 6.45) is 1.51. The summed E-state index contributed by atoms with van der Waals surface area (Å²) in [7, 11) is 0. The summed E-state index contributed by atoms with van der Waals surface area (Å²) < 4.78 is 0. The molecule has 0 saturated carbocycles. The molecule has 50 valence electrons. The fraction of sp³-hybridized carbons (Fsp3) is 0. The molecule has 0 aromatic carbocycles. The molecule has 0 amide bonds. The fourth-order valence-electron chi connectivity index (χ4n) is 0.550. The SMILES string of the molecule is N=C(N=O)c1ccccn1. The first-order chi connectivity index (χ1) is 4.84. The highest BCUT2D eigenvalue weighted by Gasteiger charge is 1.98. The molecular weight excluding hydrogens is 130 g/mol. The lowest BCUT2D eigenvalue weighted by Gasteiger charge is -1.89. The molecule has 0 fully saturated rings. The van der Waals surface area contributed by atoms with E-state index in [9.17, 15) is 4.91 Å². The van der Waals surface area contributed by atoms with Gasteiger partial charge >= 0.3 is 0 Å². The number of rotatable bonds is 1. The summed E-state index contributed by atoms with van der Waals surface area (Å²) in [5, 5.41) is 9.37. The van der Waals surface area contributed by atoms with E-state index in [1.807, 2.05) is 0 Å². The van der Waals surface area contributed by atoms with Crippen LogP contribution in [-0.2, 0) is 0 Å². The standard InChI is InChI=1S/C6H5N3O/c7-6(9-10)5-3-1-2-4-8-5/h1-4,7H. The molecule has 0 spiro atoms. The number of aromatic nitrogens is 1. The molecule has 4 heteroatoms. The third-order valence-electron chi connectivity index (χ3n) is 0.999. The first-order valence-electron chi connectivity index (χ1n) is 2.68. The number of amidine groups is 1. The van der Waals surface area contributed by atoms with E-state index in [-0.39, 0.29) is 5.84 Å². The van der Waals surface area contributed by atoms with Gasteiger partial charge in [-0.3, -0.25) is 10.4 Å². The van der Waals surface area contributed by atoms with E-state index in [0.717, 1.165) is 0 Å². The van der Waals surface area contributed by atoms with Crippen LogP contribution in [0.3, 0.4) is 0 Å². The average molecular weight is 135 g/mol. The van der Waals surface area contributed by atoms with E-state index in [0.29, 0.717) is 5.69 Å². The van der Waals surface area contributed by atoms with E-state index in [1.54, 1.807) is 18.2 Å². The van der Waals surface area contributed by atoms with Crippen molar-refractivity contribution in [2.24, 2.45) is 5.18 Å². The van der Waals surface area contributed by atoms with Crippen LogP contribution in [0.2, 0.25) is 0 Å². The second-order valence-electron chi connectivity index (χ2n) is 1.65. The van der Waals surface area contributed by atoms with Crippen molar-refractivity contribution in [3.63, 3.8) is 0 Å². The highest BCUT2D eigenvalue weighted by molar-refractivity contribution is 5.94. The Morgan fingerprint density at radius 3 is 2.90 bits per heavy atom. The lowest BCUT2D eigenvalue weighted by Crippen LogP contribution is -1.95. The number of pyridine rings is 1. The van der Waals surface area contributed by atoms with Gasteiger partial charge in [-0.15, -0.1) is 4.91 Å². The van der Waals surface area contributed by atoms with E-state index in [2.05, 4.69) is 10.2 Å². The van der Waals surface area contributed by atoms with E-state index in [4.69, 9.17) is 5.41 Å². The summed E-state index contributed by atoms with van der Waals surface area (Å²) in [6, 6.07) is 4.97. The largest absolute Gasteiger partial charge is 0.278 e. The predicted octanol–water partition coefficient (Wildman–Crippen LogP) is 1.17. The van der Waals surface area contributed by atoms with Crippen LogP contribution in [-0.4, -0.2) is 10.8 Å². The van der Waals surface area contributed by atoms with Crippen molar-refractivity contribution >= 4 is 5.84 Å². The van der Waals surface area contributed by atoms with E-state index in [1.165, 1.54) is 6.20 Å². The summed E-state index contributed by atoms with van der Waals surface area (Å²) >= 11 is 0. The van der Waals surface area contributed by atoms with Crippen LogP contribution in [0.4, 0.5) is 0 Å². The average Bonchev–Trinajstić information content (AvgIpc) is 2.05. The molecule has 4 nitrogen and oxygen atoms in total. The number of hydrogen-bond acceptors (Lipinski definition) is 3. The molecule has 1 heterocycles. The molecular formula is C6H5N3O. The van der Waals surface area contributed by atoms with Crippen molar-refractivity contribution < 1.29 is 0 Å². The number of hydrogen-bond donors (Lipinski definition) is 1. The summed E-state index contributed by atoms with van der Waals surface area (Å²) in [5.41, 5.74) is 0.303. The van der Waals surface area contributed by atoms with Gasteiger partial charge in [0.05, 0.1) is 0 Å². The highest BCUT2D eigenvalue weighted by Crippen LogP contribution is 1.94. The highest BCUT2D eigenvalue weighted by atomic mass is 16.3. The van der Waals surface area contributed by atoms with Crippen molar-refractivity contribution in [2.45, 2.75) is 0 Å². The molecule has 1 aromatic rings. The Kier molecular flexibility index (Phi) is 1.84. The molecule has 0 unspecified atom stereocenters. The summed E-state index contributed by atoms with van der Waals surface area (Å²) in [4.78, 5) is 13.5. The molecule has 1 aromatic heterocycles. The molecule has 1 rings (SSSR count). The van der Waals surface area contributed by atoms with Crippen molar-refractivity contribution in [1.82, 2.24) is 4.98 Å². The normalized spacial score (nSPS) is 8.80. The van der Waals surface area contributed by atoms with Crippen molar-refractivity contribution in [1.29, 1.82) is 5.41 Å². The minimum absolute atomic E-state index is 0.303. The van der Waals surface area contributed by atoms with E-state index >= 15 is 0 Å². The first kappa shape index (κ1) is 6.54. The maximum absolute atomic E-state index is 9.79. The maximum Gasteiger partial charge on any atom is 0.215 e. The summed E-state index contributed by atoms with van der Waals surface area (Å²) in [6.45, 7) is 0. The second-order valence-corrected chi connectivity index (χ2v) is 1.65. The Hall–Kier alpha value is -1.58. The van der Waals surface area contributed by atoms with E-state index < -0.39 is 0 Å². The molecule has 10 heavy (non-hydrogen) atoms. The van der Waals surface area contributed by atoms with Crippen LogP contribution >= 0.6 is 0 Å². The van der Waals surface area contributed by atoms with Gasteiger partial charge in [0.2, 0.25) is 5.84 Å². The van der Waals surface area contributed by atoms with Crippen LogP contribution in [0.1, 0.15) is 5.69 Å². The molecule has 0 bridgehead atoms. The second kappa shape index (κ2) is 2.82. The molecule has 0 aliphatic rings. The van der Waals surface area contributed by atoms with Gasteiger partial charge in [0, 0.05) is 6.20 Å². The molecule has 0 saturated heterocycles. The maximum atomic E-state index is 9.79. The molecule has 0 atom stereocenters. The zero-order valence-corrected chi connectivity index (χ0v) is 5.11. The monoisotopic (exact) mass is 135 g/mol. The van der Waals surface area contributed by atoms with Gasteiger partial charge < -0.3 is 0 Å². The van der Waals surface area contributed by atoms with Gasteiger partial charge in [0.15, 0.2) is 0 Å². The third kappa shape index (κ3) is 1.22. The van der Waals surface area contributed by atoms with Crippen molar-refractivity contribution in [3.05, 3.63) is 35.0 Å². The predicted molar refractivity (Wildman–Crippen MR) is 36.9 cm³/mol. The summed E-state index contributed by atoms with van der Waals surface area (Å²) in [5.74, 6) is -0.333.